The molecule has 1 aliphatic rings. The van der Waals surface area contributed by atoms with Gasteiger partial charge in [0, 0.05) is 24.8 Å². The summed E-state index contributed by atoms with van der Waals surface area (Å²) in [5.41, 5.74) is 2.74. The first kappa shape index (κ1) is 18.8. The number of sulfonamides is 1. The highest BCUT2D eigenvalue weighted by Crippen LogP contribution is 2.24. The molecule has 0 bridgehead atoms. The molecule has 3 aromatic rings. The van der Waals surface area contributed by atoms with Crippen LogP contribution in [0.25, 0.3) is 11.1 Å². The van der Waals surface area contributed by atoms with Crippen molar-refractivity contribution in [3.8, 4) is 0 Å². The number of hydrogen-bond acceptors (Lipinski definition) is 5. The van der Waals surface area contributed by atoms with E-state index < -0.39 is 15.8 Å². The SMILES string of the molecule is CC(NS(=O)(=O)c1ccc2oc(=O)[nH]c2c1)c1ccc(N2CCCCC2)cc1. The molecule has 148 valence electrons. The summed E-state index contributed by atoms with van der Waals surface area (Å²) in [6.45, 7) is 3.95. The fourth-order valence-corrected chi connectivity index (χ4v) is 4.85. The largest absolute Gasteiger partial charge is 0.417 e. The Morgan fingerprint density at radius 3 is 2.50 bits per heavy atom. The van der Waals surface area contributed by atoms with Gasteiger partial charge in [0.1, 0.15) is 0 Å². The van der Waals surface area contributed by atoms with Crippen LogP contribution >= 0.6 is 0 Å². The Bertz CT molecular complexity index is 1130. The summed E-state index contributed by atoms with van der Waals surface area (Å²) < 4.78 is 33.1. The van der Waals surface area contributed by atoms with E-state index in [4.69, 9.17) is 4.42 Å². The van der Waals surface area contributed by atoms with Crippen LogP contribution in [0.1, 0.15) is 37.8 Å². The normalized spacial score (nSPS) is 16.4. The molecule has 4 rings (SSSR count). The average Bonchev–Trinajstić information content (AvgIpc) is 3.07. The number of hydrogen-bond donors (Lipinski definition) is 2. The third-order valence-electron chi connectivity index (χ3n) is 5.15. The molecule has 1 fully saturated rings. The third kappa shape index (κ3) is 3.83. The summed E-state index contributed by atoms with van der Waals surface area (Å²) in [7, 11) is -3.74. The average molecular weight is 401 g/mol. The van der Waals surface area contributed by atoms with Gasteiger partial charge in [0.05, 0.1) is 10.4 Å². The zero-order valence-electron chi connectivity index (χ0n) is 15.6. The summed E-state index contributed by atoms with van der Waals surface area (Å²) in [6, 6.07) is 11.9. The highest BCUT2D eigenvalue weighted by atomic mass is 32.2. The predicted molar refractivity (Wildman–Crippen MR) is 108 cm³/mol. The zero-order chi connectivity index (χ0) is 19.7. The lowest BCUT2D eigenvalue weighted by atomic mass is 10.1. The topological polar surface area (TPSA) is 95.4 Å². The molecule has 0 amide bonds. The van der Waals surface area contributed by atoms with Crippen LogP contribution in [0.3, 0.4) is 0 Å². The van der Waals surface area contributed by atoms with Crippen molar-refractivity contribution in [3.63, 3.8) is 0 Å². The molecule has 1 atom stereocenters. The van der Waals surface area contributed by atoms with Crippen LogP contribution in [0, 0.1) is 0 Å². The number of nitrogens with one attached hydrogen (secondary N) is 2. The van der Waals surface area contributed by atoms with Gasteiger partial charge in [0.25, 0.3) is 0 Å². The minimum atomic E-state index is -3.74. The summed E-state index contributed by atoms with van der Waals surface area (Å²) in [4.78, 5) is 16.2. The molecule has 2 N–H and O–H groups in total. The molecule has 1 aromatic heterocycles. The molecule has 1 unspecified atom stereocenters. The minimum absolute atomic E-state index is 0.0776. The Balaban J connectivity index is 1.50. The summed E-state index contributed by atoms with van der Waals surface area (Å²) >= 11 is 0. The number of H-pyrrole nitrogens is 1. The molecule has 7 nitrogen and oxygen atoms in total. The van der Waals surface area contributed by atoms with Gasteiger partial charge >= 0.3 is 5.76 Å². The predicted octanol–water partition coefficient (Wildman–Crippen LogP) is 3.15. The van der Waals surface area contributed by atoms with E-state index in [1.54, 1.807) is 0 Å². The summed E-state index contributed by atoms with van der Waals surface area (Å²) in [6.07, 6.45) is 3.71. The first-order valence-corrected chi connectivity index (χ1v) is 10.9. The van der Waals surface area contributed by atoms with Gasteiger partial charge < -0.3 is 9.32 Å². The molecule has 2 heterocycles. The number of aromatic nitrogens is 1. The maximum atomic E-state index is 12.7. The molecular weight excluding hydrogens is 378 g/mol. The van der Waals surface area contributed by atoms with Crippen LogP contribution in [-0.4, -0.2) is 26.5 Å². The molecule has 0 aliphatic carbocycles. The van der Waals surface area contributed by atoms with Gasteiger partial charge in [-0.3, -0.25) is 4.98 Å². The molecule has 0 radical (unpaired) electrons. The highest BCUT2D eigenvalue weighted by Gasteiger charge is 2.20. The van der Waals surface area contributed by atoms with Crippen molar-refractivity contribution in [1.82, 2.24) is 9.71 Å². The summed E-state index contributed by atoms with van der Waals surface area (Å²) in [5, 5.41) is 0. The van der Waals surface area contributed by atoms with E-state index in [1.165, 1.54) is 43.1 Å². The smallest absolute Gasteiger partial charge is 0.408 e. The number of benzene rings is 2. The fraction of sp³-hybridized carbons (Fsp3) is 0.350. The molecular formula is C20H23N3O4S. The number of aromatic amines is 1. The van der Waals surface area contributed by atoms with E-state index in [0.29, 0.717) is 11.1 Å². The number of rotatable bonds is 5. The van der Waals surface area contributed by atoms with Gasteiger partial charge in [0.15, 0.2) is 5.58 Å². The lowest BCUT2D eigenvalue weighted by Gasteiger charge is -2.29. The van der Waals surface area contributed by atoms with Gasteiger partial charge in [0.2, 0.25) is 10.0 Å². The molecule has 0 saturated carbocycles. The number of fused-ring (bicyclic) bond motifs is 1. The van der Waals surface area contributed by atoms with Crippen molar-refractivity contribution in [2.24, 2.45) is 0 Å². The van der Waals surface area contributed by atoms with Crippen LogP contribution in [0.15, 0.2) is 56.6 Å². The molecule has 8 heteroatoms. The third-order valence-corrected chi connectivity index (χ3v) is 6.69. The maximum absolute atomic E-state index is 12.7. The Morgan fingerprint density at radius 1 is 1.07 bits per heavy atom. The molecule has 1 aliphatic heterocycles. The first-order chi connectivity index (χ1) is 13.4. The van der Waals surface area contributed by atoms with E-state index in [1.807, 2.05) is 31.2 Å². The standard InChI is InChI=1S/C20H23N3O4S/c1-14(15-5-7-16(8-6-15)23-11-3-2-4-12-23)22-28(25,26)17-9-10-19-18(13-17)21-20(24)27-19/h5-10,13-14,22H,2-4,11-12H2,1H3,(H,21,24). The van der Waals surface area contributed by atoms with Crippen molar-refractivity contribution in [1.29, 1.82) is 0 Å². The Kier molecular flexibility index (Phi) is 4.99. The number of oxazole rings is 1. The second-order valence-corrected chi connectivity index (χ2v) is 8.87. The Morgan fingerprint density at radius 2 is 1.79 bits per heavy atom. The van der Waals surface area contributed by atoms with Crippen LogP contribution in [0.4, 0.5) is 5.69 Å². The van der Waals surface area contributed by atoms with Crippen LogP contribution in [-0.2, 0) is 10.0 Å². The van der Waals surface area contributed by atoms with E-state index in [9.17, 15) is 13.2 Å². The quantitative estimate of drug-likeness (QED) is 0.685. The summed E-state index contributed by atoms with van der Waals surface area (Å²) in [5.74, 6) is -0.611. The van der Waals surface area contributed by atoms with Crippen molar-refractivity contribution in [2.45, 2.75) is 37.1 Å². The second kappa shape index (κ2) is 7.44. The first-order valence-electron chi connectivity index (χ1n) is 9.42. The van der Waals surface area contributed by atoms with E-state index in [0.717, 1.165) is 18.7 Å². The van der Waals surface area contributed by atoms with E-state index in [2.05, 4.69) is 14.6 Å². The van der Waals surface area contributed by atoms with E-state index in [-0.39, 0.29) is 10.9 Å². The van der Waals surface area contributed by atoms with Crippen LogP contribution in [0.2, 0.25) is 0 Å². The second-order valence-electron chi connectivity index (χ2n) is 7.15. The molecule has 0 spiro atoms. The number of anilines is 1. The fourth-order valence-electron chi connectivity index (χ4n) is 3.59. The van der Waals surface area contributed by atoms with Crippen molar-refractivity contribution >= 4 is 26.8 Å². The van der Waals surface area contributed by atoms with Gasteiger partial charge in [-0.25, -0.2) is 17.9 Å². The van der Waals surface area contributed by atoms with Crippen molar-refractivity contribution < 1.29 is 12.8 Å². The van der Waals surface area contributed by atoms with Gasteiger partial charge in [-0.15, -0.1) is 0 Å². The lowest BCUT2D eigenvalue weighted by molar-refractivity contribution is 0.555. The van der Waals surface area contributed by atoms with Gasteiger partial charge in [-0.1, -0.05) is 12.1 Å². The zero-order valence-corrected chi connectivity index (χ0v) is 16.5. The molecule has 28 heavy (non-hydrogen) atoms. The van der Waals surface area contributed by atoms with E-state index >= 15 is 0 Å². The number of piperidine rings is 1. The van der Waals surface area contributed by atoms with Crippen LogP contribution < -0.4 is 15.4 Å². The van der Waals surface area contributed by atoms with Crippen molar-refractivity contribution in [3.05, 3.63) is 58.6 Å². The highest BCUT2D eigenvalue weighted by molar-refractivity contribution is 7.89. The molecule has 2 aromatic carbocycles. The van der Waals surface area contributed by atoms with Crippen LogP contribution in [0.5, 0.6) is 0 Å². The monoisotopic (exact) mass is 401 g/mol. The number of nitrogens with zero attached hydrogens (tertiary/aromatic N) is 1. The Labute approximate surface area is 163 Å². The minimum Gasteiger partial charge on any atom is -0.408 e. The van der Waals surface area contributed by atoms with Crippen molar-refractivity contribution in [2.75, 3.05) is 18.0 Å². The van der Waals surface area contributed by atoms with Gasteiger partial charge in [-0.2, -0.15) is 0 Å². The molecule has 1 saturated heterocycles. The maximum Gasteiger partial charge on any atom is 0.417 e. The lowest BCUT2D eigenvalue weighted by Crippen LogP contribution is -2.29. The van der Waals surface area contributed by atoms with Gasteiger partial charge in [-0.05, 0) is 62.1 Å². The Hall–Kier alpha value is -2.58.